The number of aliphatic imine (C=N–C) groups is 1. The molecule has 1 unspecified atom stereocenters. The molecular formula is C15H28N6O3S. The fraction of sp³-hybridized carbons (Fsp3) is 0.733. The second-order valence-electron chi connectivity index (χ2n) is 6.32. The number of aromatic nitrogens is 2. The summed E-state index contributed by atoms with van der Waals surface area (Å²) >= 11 is 0. The maximum atomic E-state index is 11.9. The molecule has 1 fully saturated rings. The van der Waals surface area contributed by atoms with Crippen LogP contribution in [0, 0.1) is 0 Å². The summed E-state index contributed by atoms with van der Waals surface area (Å²) in [6, 6.07) is -0.108. The van der Waals surface area contributed by atoms with Crippen molar-refractivity contribution >= 4 is 16.0 Å². The highest BCUT2D eigenvalue weighted by molar-refractivity contribution is 7.89. The summed E-state index contributed by atoms with van der Waals surface area (Å²) in [6.45, 7) is 5.82. The number of morpholine rings is 1. The molecule has 25 heavy (non-hydrogen) atoms. The first-order valence-electron chi connectivity index (χ1n) is 8.36. The van der Waals surface area contributed by atoms with Crippen LogP contribution in [0.5, 0.6) is 0 Å². The Morgan fingerprint density at radius 1 is 1.52 bits per heavy atom. The SMILES string of the molecule is CN=C(NCCS(=O)(=O)NC(C)C)N1CCOC(c2cnn(C)c2)C1. The van der Waals surface area contributed by atoms with Crippen molar-refractivity contribution in [1.82, 2.24) is 24.7 Å². The molecule has 0 amide bonds. The van der Waals surface area contributed by atoms with Crippen LogP contribution >= 0.6 is 0 Å². The number of guanidine groups is 1. The van der Waals surface area contributed by atoms with Gasteiger partial charge in [0.1, 0.15) is 6.10 Å². The zero-order chi connectivity index (χ0) is 18.4. The van der Waals surface area contributed by atoms with Gasteiger partial charge in [-0.15, -0.1) is 0 Å². The molecule has 0 radical (unpaired) electrons. The molecule has 10 heteroatoms. The van der Waals surface area contributed by atoms with Crippen LogP contribution < -0.4 is 10.0 Å². The van der Waals surface area contributed by atoms with Crippen LogP contribution in [0.3, 0.4) is 0 Å². The van der Waals surface area contributed by atoms with Crippen molar-refractivity contribution in [1.29, 1.82) is 0 Å². The van der Waals surface area contributed by atoms with Gasteiger partial charge in [0.25, 0.3) is 0 Å². The highest BCUT2D eigenvalue weighted by Crippen LogP contribution is 2.21. The van der Waals surface area contributed by atoms with Crippen molar-refractivity contribution in [2.24, 2.45) is 12.0 Å². The Morgan fingerprint density at radius 3 is 2.88 bits per heavy atom. The Morgan fingerprint density at radius 2 is 2.28 bits per heavy atom. The molecule has 2 rings (SSSR count). The Bertz CT molecular complexity index is 685. The minimum absolute atomic E-state index is 0.000569. The van der Waals surface area contributed by atoms with Crippen LogP contribution in [-0.4, -0.2) is 74.1 Å². The van der Waals surface area contributed by atoms with Gasteiger partial charge in [0.05, 0.1) is 25.1 Å². The third-order valence-electron chi connectivity index (χ3n) is 3.74. The minimum Gasteiger partial charge on any atom is -0.370 e. The number of hydrogen-bond acceptors (Lipinski definition) is 5. The number of nitrogens with one attached hydrogen (secondary N) is 2. The number of ether oxygens (including phenoxy) is 1. The van der Waals surface area contributed by atoms with Gasteiger partial charge in [-0.1, -0.05) is 0 Å². The number of rotatable bonds is 6. The first kappa shape index (κ1) is 19.7. The van der Waals surface area contributed by atoms with Crippen LogP contribution in [0.15, 0.2) is 17.4 Å². The lowest BCUT2D eigenvalue weighted by Crippen LogP contribution is -2.49. The zero-order valence-corrected chi connectivity index (χ0v) is 16.1. The van der Waals surface area contributed by atoms with E-state index in [9.17, 15) is 8.42 Å². The summed E-state index contributed by atoms with van der Waals surface area (Å²) in [4.78, 5) is 6.34. The van der Waals surface area contributed by atoms with Crippen LogP contribution in [0.25, 0.3) is 0 Å². The minimum atomic E-state index is -3.29. The lowest BCUT2D eigenvalue weighted by Gasteiger charge is -2.34. The van der Waals surface area contributed by atoms with Gasteiger partial charge >= 0.3 is 0 Å². The van der Waals surface area contributed by atoms with Gasteiger partial charge in [0, 0.05) is 45.0 Å². The van der Waals surface area contributed by atoms with Gasteiger partial charge in [0.2, 0.25) is 10.0 Å². The first-order chi connectivity index (χ1) is 11.8. The maximum absolute atomic E-state index is 11.9. The molecule has 1 atom stereocenters. The van der Waals surface area contributed by atoms with E-state index in [0.717, 1.165) is 5.56 Å². The second-order valence-corrected chi connectivity index (χ2v) is 8.19. The van der Waals surface area contributed by atoms with E-state index in [2.05, 4.69) is 25.0 Å². The molecule has 2 heterocycles. The van der Waals surface area contributed by atoms with Crippen LogP contribution in [-0.2, 0) is 21.8 Å². The fourth-order valence-electron chi connectivity index (χ4n) is 2.70. The normalized spacial score (nSPS) is 19.5. The average Bonchev–Trinajstić information content (AvgIpc) is 2.97. The molecule has 0 aliphatic carbocycles. The lowest BCUT2D eigenvalue weighted by atomic mass is 10.1. The van der Waals surface area contributed by atoms with E-state index in [1.54, 1.807) is 31.8 Å². The summed E-state index contributed by atoms with van der Waals surface area (Å²) in [6.07, 6.45) is 3.66. The summed E-state index contributed by atoms with van der Waals surface area (Å²) in [5, 5.41) is 7.31. The van der Waals surface area contributed by atoms with Crippen molar-refractivity contribution in [2.45, 2.75) is 26.0 Å². The van der Waals surface area contributed by atoms with Crippen LogP contribution in [0.1, 0.15) is 25.5 Å². The molecule has 1 aliphatic rings. The molecule has 1 aromatic rings. The molecule has 1 saturated heterocycles. The van der Waals surface area contributed by atoms with Crippen molar-refractivity contribution < 1.29 is 13.2 Å². The Hall–Kier alpha value is -1.65. The molecule has 0 aromatic carbocycles. The van der Waals surface area contributed by atoms with Crippen molar-refractivity contribution in [3.8, 4) is 0 Å². The van der Waals surface area contributed by atoms with Gasteiger partial charge in [-0.05, 0) is 13.8 Å². The average molecular weight is 372 g/mol. The van der Waals surface area contributed by atoms with E-state index in [1.165, 1.54) is 0 Å². The second kappa shape index (κ2) is 8.63. The van der Waals surface area contributed by atoms with E-state index in [1.807, 2.05) is 13.2 Å². The van der Waals surface area contributed by atoms with Gasteiger partial charge in [0.15, 0.2) is 5.96 Å². The van der Waals surface area contributed by atoms with Gasteiger partial charge in [-0.25, -0.2) is 13.1 Å². The highest BCUT2D eigenvalue weighted by Gasteiger charge is 2.25. The van der Waals surface area contributed by atoms with E-state index in [4.69, 9.17) is 4.74 Å². The summed E-state index contributed by atoms with van der Waals surface area (Å²) in [5.74, 6) is 0.678. The van der Waals surface area contributed by atoms with Crippen LogP contribution in [0.2, 0.25) is 0 Å². The number of aryl methyl sites for hydroxylation is 1. The third-order valence-corrected chi connectivity index (χ3v) is 5.32. The Labute approximate surface area is 149 Å². The largest absolute Gasteiger partial charge is 0.370 e. The van der Waals surface area contributed by atoms with E-state index in [0.29, 0.717) is 32.2 Å². The monoisotopic (exact) mass is 372 g/mol. The number of hydrogen-bond donors (Lipinski definition) is 2. The predicted octanol–water partition coefficient (Wildman–Crippen LogP) is -0.303. The maximum Gasteiger partial charge on any atom is 0.213 e. The topological polar surface area (TPSA) is 101 Å². The standard InChI is InChI=1S/C15H28N6O3S/c1-12(2)19-25(22,23)8-5-17-15(16-3)21-6-7-24-14(11-21)13-9-18-20(4)10-13/h9-10,12,14,19H,5-8,11H2,1-4H3,(H,16,17). The highest BCUT2D eigenvalue weighted by atomic mass is 32.2. The lowest BCUT2D eigenvalue weighted by molar-refractivity contribution is -0.00798. The molecule has 0 bridgehead atoms. The smallest absolute Gasteiger partial charge is 0.213 e. The molecule has 1 aromatic heterocycles. The van der Waals surface area contributed by atoms with Gasteiger partial charge in [-0.3, -0.25) is 9.67 Å². The Balaban J connectivity index is 1.89. The van der Waals surface area contributed by atoms with Crippen molar-refractivity contribution in [3.63, 3.8) is 0 Å². The summed E-state index contributed by atoms with van der Waals surface area (Å²) in [5.41, 5.74) is 1.02. The molecule has 2 N–H and O–H groups in total. The molecule has 142 valence electrons. The zero-order valence-electron chi connectivity index (χ0n) is 15.3. The van der Waals surface area contributed by atoms with E-state index in [-0.39, 0.29) is 17.9 Å². The molecule has 1 aliphatic heterocycles. The number of nitrogens with zero attached hydrogens (tertiary/aromatic N) is 4. The fourth-order valence-corrected chi connectivity index (χ4v) is 3.90. The Kier molecular flexibility index (Phi) is 6.79. The molecule has 0 saturated carbocycles. The molecule has 0 spiro atoms. The van der Waals surface area contributed by atoms with Crippen LogP contribution in [0.4, 0.5) is 0 Å². The van der Waals surface area contributed by atoms with E-state index >= 15 is 0 Å². The van der Waals surface area contributed by atoms with Crippen molar-refractivity contribution in [2.75, 3.05) is 39.0 Å². The molecule has 9 nitrogen and oxygen atoms in total. The quantitative estimate of drug-likeness (QED) is 0.525. The van der Waals surface area contributed by atoms with Gasteiger partial charge in [-0.2, -0.15) is 5.10 Å². The van der Waals surface area contributed by atoms with E-state index < -0.39 is 10.0 Å². The summed E-state index contributed by atoms with van der Waals surface area (Å²) < 4.78 is 33.9. The first-order valence-corrected chi connectivity index (χ1v) is 10.0. The summed E-state index contributed by atoms with van der Waals surface area (Å²) in [7, 11) is 0.275. The third kappa shape index (κ3) is 5.98. The molecular weight excluding hydrogens is 344 g/mol. The van der Waals surface area contributed by atoms with Gasteiger partial charge < -0.3 is 15.0 Å². The predicted molar refractivity (Wildman–Crippen MR) is 96.9 cm³/mol. The number of sulfonamides is 1. The van der Waals surface area contributed by atoms with Crippen molar-refractivity contribution in [3.05, 3.63) is 18.0 Å².